The zero-order chi connectivity index (χ0) is 17.4. The summed E-state index contributed by atoms with van der Waals surface area (Å²) in [5.41, 5.74) is 0.764. The quantitative estimate of drug-likeness (QED) is 0.709. The molecule has 1 aromatic heterocycles. The number of ether oxygens (including phenoxy) is 1. The molecule has 0 spiro atoms. The van der Waals surface area contributed by atoms with Crippen molar-refractivity contribution in [3.8, 4) is 17.1 Å². The predicted molar refractivity (Wildman–Crippen MR) is 91.0 cm³/mol. The van der Waals surface area contributed by atoms with E-state index in [0.717, 1.165) is 37.4 Å². The van der Waals surface area contributed by atoms with Gasteiger partial charge in [0.2, 0.25) is 5.82 Å². The SMILES string of the molecule is CCN(CC)CCCNC(=O)c1nc(-c2ccc(OC)cc2)no1. The molecule has 24 heavy (non-hydrogen) atoms. The molecule has 0 unspecified atom stereocenters. The highest BCUT2D eigenvalue weighted by molar-refractivity contribution is 5.89. The molecule has 0 aliphatic rings. The maximum Gasteiger partial charge on any atom is 0.316 e. The Morgan fingerprint density at radius 3 is 2.58 bits per heavy atom. The van der Waals surface area contributed by atoms with E-state index in [2.05, 4.69) is 34.2 Å². The second-order valence-corrected chi connectivity index (χ2v) is 5.29. The number of methoxy groups -OCH3 is 1. The zero-order valence-electron chi connectivity index (χ0n) is 14.4. The fourth-order valence-electron chi connectivity index (χ4n) is 2.29. The van der Waals surface area contributed by atoms with Crippen molar-refractivity contribution >= 4 is 5.91 Å². The van der Waals surface area contributed by atoms with E-state index >= 15 is 0 Å². The van der Waals surface area contributed by atoms with E-state index in [1.54, 1.807) is 19.2 Å². The number of rotatable bonds is 9. The van der Waals surface area contributed by atoms with Crippen LogP contribution in [0.4, 0.5) is 0 Å². The summed E-state index contributed by atoms with van der Waals surface area (Å²) in [7, 11) is 1.60. The number of hydrogen-bond acceptors (Lipinski definition) is 6. The van der Waals surface area contributed by atoms with Gasteiger partial charge in [-0.25, -0.2) is 0 Å². The Labute approximate surface area is 142 Å². The highest BCUT2D eigenvalue weighted by atomic mass is 16.5. The first-order valence-corrected chi connectivity index (χ1v) is 8.16. The van der Waals surface area contributed by atoms with E-state index in [-0.39, 0.29) is 11.8 Å². The van der Waals surface area contributed by atoms with Gasteiger partial charge in [-0.15, -0.1) is 0 Å². The number of nitrogens with zero attached hydrogens (tertiary/aromatic N) is 3. The number of carbonyl (C=O) groups is 1. The second kappa shape index (κ2) is 9.02. The number of amides is 1. The summed E-state index contributed by atoms with van der Waals surface area (Å²) in [6.07, 6.45) is 0.882. The predicted octanol–water partition coefficient (Wildman–Crippen LogP) is 2.21. The molecule has 2 rings (SSSR count). The molecule has 7 nitrogen and oxygen atoms in total. The van der Waals surface area contributed by atoms with Gasteiger partial charge in [0.15, 0.2) is 0 Å². The molecule has 1 N–H and O–H groups in total. The van der Waals surface area contributed by atoms with Gasteiger partial charge >= 0.3 is 11.8 Å². The van der Waals surface area contributed by atoms with Crippen LogP contribution < -0.4 is 10.1 Å². The van der Waals surface area contributed by atoms with Gasteiger partial charge in [0.1, 0.15) is 5.75 Å². The number of carbonyl (C=O) groups excluding carboxylic acids is 1. The van der Waals surface area contributed by atoms with Crippen LogP contribution in [0.3, 0.4) is 0 Å². The molecule has 0 radical (unpaired) electrons. The molecule has 0 fully saturated rings. The molecule has 0 aliphatic carbocycles. The minimum absolute atomic E-state index is 0.0244. The molecule has 0 bridgehead atoms. The Balaban J connectivity index is 1.86. The lowest BCUT2D eigenvalue weighted by Crippen LogP contribution is -2.30. The maximum absolute atomic E-state index is 12.0. The molecule has 0 aliphatic heterocycles. The van der Waals surface area contributed by atoms with Gasteiger partial charge in [-0.05, 0) is 50.3 Å². The van der Waals surface area contributed by atoms with E-state index in [1.165, 1.54) is 0 Å². The normalized spacial score (nSPS) is 10.8. The zero-order valence-corrected chi connectivity index (χ0v) is 14.4. The Morgan fingerprint density at radius 2 is 1.96 bits per heavy atom. The Kier molecular flexibility index (Phi) is 6.74. The van der Waals surface area contributed by atoms with Crippen molar-refractivity contribution < 1.29 is 14.1 Å². The van der Waals surface area contributed by atoms with Gasteiger partial charge in [-0.1, -0.05) is 19.0 Å². The molecule has 0 saturated heterocycles. The lowest BCUT2D eigenvalue weighted by atomic mass is 10.2. The van der Waals surface area contributed by atoms with Crippen molar-refractivity contribution in [1.82, 2.24) is 20.4 Å². The summed E-state index contributed by atoms with van der Waals surface area (Å²) < 4.78 is 10.1. The third kappa shape index (κ3) is 4.79. The van der Waals surface area contributed by atoms with Crippen molar-refractivity contribution in [2.24, 2.45) is 0 Å². The number of aromatic nitrogens is 2. The molecule has 2 aromatic rings. The smallest absolute Gasteiger partial charge is 0.316 e. The van der Waals surface area contributed by atoms with Crippen LogP contribution >= 0.6 is 0 Å². The molecule has 1 amide bonds. The minimum atomic E-state index is -0.346. The lowest BCUT2D eigenvalue weighted by molar-refractivity contribution is 0.0908. The van der Waals surface area contributed by atoms with Gasteiger partial charge in [-0.3, -0.25) is 4.79 Å². The largest absolute Gasteiger partial charge is 0.497 e. The van der Waals surface area contributed by atoms with Crippen LogP contribution in [0, 0.1) is 0 Å². The second-order valence-electron chi connectivity index (χ2n) is 5.29. The fourth-order valence-corrected chi connectivity index (χ4v) is 2.29. The molecule has 1 heterocycles. The maximum atomic E-state index is 12.0. The molecule has 130 valence electrons. The summed E-state index contributed by atoms with van der Waals surface area (Å²) in [6.45, 7) is 7.81. The van der Waals surface area contributed by atoms with Gasteiger partial charge in [0.25, 0.3) is 0 Å². The first kappa shape index (κ1) is 17.9. The molecule has 0 atom stereocenters. The Hall–Kier alpha value is -2.41. The first-order valence-electron chi connectivity index (χ1n) is 8.16. The van der Waals surface area contributed by atoms with Crippen LogP contribution in [0.1, 0.15) is 31.0 Å². The van der Waals surface area contributed by atoms with Crippen LogP contribution in [0.5, 0.6) is 5.75 Å². The van der Waals surface area contributed by atoms with Crippen molar-refractivity contribution in [2.45, 2.75) is 20.3 Å². The van der Waals surface area contributed by atoms with Gasteiger partial charge < -0.3 is 19.5 Å². The summed E-state index contributed by atoms with van der Waals surface area (Å²) in [5, 5.41) is 6.65. The third-order valence-corrected chi connectivity index (χ3v) is 3.80. The lowest BCUT2D eigenvalue weighted by Gasteiger charge is -2.17. The molecular formula is C17H24N4O3. The highest BCUT2D eigenvalue weighted by Crippen LogP contribution is 2.19. The summed E-state index contributed by atoms with van der Waals surface area (Å²) in [5.74, 6) is 0.754. The van der Waals surface area contributed by atoms with E-state index < -0.39 is 0 Å². The summed E-state index contributed by atoms with van der Waals surface area (Å²) >= 11 is 0. The van der Waals surface area contributed by atoms with E-state index in [1.807, 2.05) is 12.1 Å². The van der Waals surface area contributed by atoms with Crippen molar-refractivity contribution in [3.63, 3.8) is 0 Å². The molecule has 7 heteroatoms. The molecule has 1 aromatic carbocycles. The fraction of sp³-hybridized carbons (Fsp3) is 0.471. The third-order valence-electron chi connectivity index (χ3n) is 3.80. The van der Waals surface area contributed by atoms with Crippen LogP contribution in [-0.4, -0.2) is 54.2 Å². The van der Waals surface area contributed by atoms with Crippen molar-refractivity contribution in [3.05, 3.63) is 30.2 Å². The number of hydrogen-bond donors (Lipinski definition) is 1. The van der Waals surface area contributed by atoms with Crippen LogP contribution in [0.25, 0.3) is 11.4 Å². The van der Waals surface area contributed by atoms with Crippen molar-refractivity contribution in [2.75, 3.05) is 33.3 Å². The average molecular weight is 332 g/mol. The van der Waals surface area contributed by atoms with E-state index in [0.29, 0.717) is 12.4 Å². The van der Waals surface area contributed by atoms with Crippen molar-refractivity contribution in [1.29, 1.82) is 0 Å². The summed E-state index contributed by atoms with van der Waals surface area (Å²) in [4.78, 5) is 18.5. The van der Waals surface area contributed by atoms with E-state index in [4.69, 9.17) is 9.26 Å². The number of nitrogens with one attached hydrogen (secondary N) is 1. The van der Waals surface area contributed by atoms with Gasteiger partial charge in [0.05, 0.1) is 7.11 Å². The van der Waals surface area contributed by atoms with Gasteiger partial charge in [0, 0.05) is 12.1 Å². The van der Waals surface area contributed by atoms with Gasteiger partial charge in [-0.2, -0.15) is 4.98 Å². The van der Waals surface area contributed by atoms with Crippen LogP contribution in [-0.2, 0) is 0 Å². The minimum Gasteiger partial charge on any atom is -0.497 e. The molecular weight excluding hydrogens is 308 g/mol. The Bertz CT molecular complexity index is 636. The van der Waals surface area contributed by atoms with Crippen LogP contribution in [0.15, 0.2) is 28.8 Å². The highest BCUT2D eigenvalue weighted by Gasteiger charge is 2.15. The monoisotopic (exact) mass is 332 g/mol. The summed E-state index contributed by atoms with van der Waals surface area (Å²) in [6, 6.07) is 7.24. The molecule has 0 saturated carbocycles. The van der Waals surface area contributed by atoms with E-state index in [9.17, 15) is 4.79 Å². The standard InChI is InChI=1S/C17H24N4O3/c1-4-21(5-2)12-6-11-18-16(22)17-19-15(20-24-17)13-7-9-14(23-3)10-8-13/h7-10H,4-6,11-12H2,1-3H3,(H,18,22). The topological polar surface area (TPSA) is 80.5 Å². The first-order chi connectivity index (χ1) is 11.7. The Morgan fingerprint density at radius 1 is 1.25 bits per heavy atom. The average Bonchev–Trinajstić information content (AvgIpc) is 3.12. The van der Waals surface area contributed by atoms with Crippen LogP contribution in [0.2, 0.25) is 0 Å². The number of benzene rings is 1.